The number of alkyl halides is 2. The molecule has 1 aliphatic carbocycles. The Balaban J connectivity index is 1.81. The molecule has 4 nitrogen and oxygen atoms in total. The fraction of sp³-hybridized carbons (Fsp3) is 0.550. The number of rotatable bonds is 7. The summed E-state index contributed by atoms with van der Waals surface area (Å²) < 4.78 is 34.3. The van der Waals surface area contributed by atoms with Gasteiger partial charge in [0.25, 0.3) is 5.92 Å². The van der Waals surface area contributed by atoms with Gasteiger partial charge in [0.05, 0.1) is 22.7 Å². The number of carbonyl (C=O) groups excluding carboxylic acids is 1. The van der Waals surface area contributed by atoms with Crippen LogP contribution in [0.25, 0.3) is 5.52 Å². The third kappa shape index (κ3) is 4.50. The molecule has 148 valence electrons. The molecule has 0 spiro atoms. The first kappa shape index (κ1) is 20.2. The van der Waals surface area contributed by atoms with E-state index in [9.17, 15) is 18.7 Å². The van der Waals surface area contributed by atoms with E-state index in [-0.39, 0.29) is 31.5 Å². The monoisotopic (exact) mass is 399 g/mol. The predicted octanol–water partition coefficient (Wildman–Crippen LogP) is 4.68. The van der Waals surface area contributed by atoms with Gasteiger partial charge in [-0.3, -0.25) is 4.79 Å². The Bertz CT molecular complexity index is 836. The zero-order valence-corrected chi connectivity index (χ0v) is 16.1. The SMILES string of the molecule is COCCc1cc(C(=O)CCC2(O)CCCC(F)(F)C2)c2c(Cl)cccn12. The first-order valence-corrected chi connectivity index (χ1v) is 9.53. The van der Waals surface area contributed by atoms with Gasteiger partial charge in [0.2, 0.25) is 0 Å². The van der Waals surface area contributed by atoms with E-state index in [2.05, 4.69) is 0 Å². The summed E-state index contributed by atoms with van der Waals surface area (Å²) in [5.74, 6) is -3.07. The zero-order chi connectivity index (χ0) is 19.7. The molecule has 1 N–H and O–H groups in total. The third-order valence-electron chi connectivity index (χ3n) is 5.27. The number of aliphatic hydroxyl groups is 1. The van der Waals surface area contributed by atoms with Crippen LogP contribution in [-0.2, 0) is 11.2 Å². The molecule has 1 aliphatic rings. The topological polar surface area (TPSA) is 50.9 Å². The lowest BCUT2D eigenvalue weighted by molar-refractivity contribution is -0.126. The number of hydrogen-bond donors (Lipinski definition) is 1. The average molecular weight is 400 g/mol. The summed E-state index contributed by atoms with van der Waals surface area (Å²) in [6.45, 7) is 0.501. The number of aromatic nitrogens is 1. The van der Waals surface area contributed by atoms with Crippen molar-refractivity contribution in [3.05, 3.63) is 40.7 Å². The zero-order valence-electron chi connectivity index (χ0n) is 15.3. The Kier molecular flexibility index (Phi) is 5.89. The van der Waals surface area contributed by atoms with Gasteiger partial charge < -0.3 is 14.2 Å². The van der Waals surface area contributed by atoms with Crippen LogP contribution in [0.5, 0.6) is 0 Å². The van der Waals surface area contributed by atoms with Crippen LogP contribution >= 0.6 is 11.6 Å². The van der Waals surface area contributed by atoms with Gasteiger partial charge in [-0.1, -0.05) is 11.6 Å². The van der Waals surface area contributed by atoms with E-state index >= 15 is 0 Å². The largest absolute Gasteiger partial charge is 0.390 e. The van der Waals surface area contributed by atoms with Crippen LogP contribution in [-0.4, -0.2) is 40.5 Å². The fourth-order valence-electron chi connectivity index (χ4n) is 3.92. The lowest BCUT2D eigenvalue weighted by atomic mass is 9.79. The summed E-state index contributed by atoms with van der Waals surface area (Å²) in [5, 5.41) is 11.0. The molecule has 2 aromatic heterocycles. The molecule has 0 amide bonds. The number of carbonyl (C=O) groups is 1. The van der Waals surface area contributed by atoms with E-state index in [1.165, 1.54) is 0 Å². The maximum atomic E-state index is 13.7. The van der Waals surface area contributed by atoms with Crippen molar-refractivity contribution in [3.8, 4) is 0 Å². The highest BCUT2D eigenvalue weighted by atomic mass is 35.5. The van der Waals surface area contributed by atoms with E-state index in [1.807, 2.05) is 10.6 Å². The molecular weight excluding hydrogens is 376 g/mol. The molecule has 1 fully saturated rings. The number of Topliss-reactive ketones (excluding diaryl/α,β-unsaturated/α-hetero) is 1. The Hall–Kier alpha value is -1.50. The maximum absolute atomic E-state index is 13.7. The van der Waals surface area contributed by atoms with Gasteiger partial charge in [-0.15, -0.1) is 0 Å². The number of halogens is 3. The second kappa shape index (κ2) is 7.86. The molecule has 0 aliphatic heterocycles. The van der Waals surface area contributed by atoms with Crippen LogP contribution in [0.4, 0.5) is 8.78 Å². The standard InChI is InChI=1S/C20H24ClF2NO3/c1-27-11-6-14-12-15(18-16(21)4-2-10-24(14)18)17(25)5-9-19(26)7-3-8-20(22,23)13-19/h2,4,10,12,26H,3,5-9,11,13H2,1H3. The van der Waals surface area contributed by atoms with E-state index in [1.54, 1.807) is 25.3 Å². The molecule has 1 atom stereocenters. The quantitative estimate of drug-likeness (QED) is 0.687. The summed E-state index contributed by atoms with van der Waals surface area (Å²) >= 11 is 6.31. The Morgan fingerprint density at radius 3 is 2.89 bits per heavy atom. The molecular formula is C20H24ClF2NO3. The van der Waals surface area contributed by atoms with Crippen molar-refractivity contribution in [1.29, 1.82) is 0 Å². The van der Waals surface area contributed by atoms with Gasteiger partial charge >= 0.3 is 0 Å². The van der Waals surface area contributed by atoms with Crippen molar-refractivity contribution in [3.63, 3.8) is 0 Å². The van der Waals surface area contributed by atoms with Crippen molar-refractivity contribution < 1.29 is 23.4 Å². The van der Waals surface area contributed by atoms with Crippen LogP contribution in [0, 0.1) is 0 Å². The second-order valence-electron chi connectivity index (χ2n) is 7.40. The number of nitrogens with zero attached hydrogens (tertiary/aromatic N) is 1. The molecule has 2 heterocycles. The molecule has 3 rings (SSSR count). The molecule has 1 unspecified atom stereocenters. The van der Waals surface area contributed by atoms with Crippen molar-refractivity contribution in [2.45, 2.75) is 56.5 Å². The number of methoxy groups -OCH3 is 1. The van der Waals surface area contributed by atoms with E-state index in [4.69, 9.17) is 16.3 Å². The molecule has 7 heteroatoms. The Morgan fingerprint density at radius 2 is 2.19 bits per heavy atom. The van der Waals surface area contributed by atoms with Crippen molar-refractivity contribution >= 4 is 22.9 Å². The summed E-state index contributed by atoms with van der Waals surface area (Å²) in [7, 11) is 1.61. The first-order chi connectivity index (χ1) is 12.7. The van der Waals surface area contributed by atoms with Gasteiger partial charge in [-0.2, -0.15) is 0 Å². The van der Waals surface area contributed by atoms with Crippen molar-refractivity contribution in [2.24, 2.45) is 0 Å². The van der Waals surface area contributed by atoms with Crippen LogP contribution < -0.4 is 0 Å². The van der Waals surface area contributed by atoms with Crippen LogP contribution in [0.3, 0.4) is 0 Å². The summed E-state index contributed by atoms with van der Waals surface area (Å²) in [4.78, 5) is 12.8. The number of ether oxygens (including phenoxy) is 1. The lowest BCUT2D eigenvalue weighted by Crippen LogP contribution is -2.41. The third-order valence-corrected chi connectivity index (χ3v) is 5.58. The molecule has 0 saturated heterocycles. The minimum atomic E-state index is -2.87. The highest BCUT2D eigenvalue weighted by Gasteiger charge is 2.44. The highest BCUT2D eigenvalue weighted by Crippen LogP contribution is 2.41. The molecule has 2 aromatic rings. The Morgan fingerprint density at radius 1 is 1.41 bits per heavy atom. The van der Waals surface area contributed by atoms with E-state index < -0.39 is 17.9 Å². The summed E-state index contributed by atoms with van der Waals surface area (Å²) in [6.07, 6.45) is 2.25. The van der Waals surface area contributed by atoms with E-state index in [0.29, 0.717) is 35.6 Å². The van der Waals surface area contributed by atoms with Gasteiger partial charge in [-0.05, 0) is 37.5 Å². The van der Waals surface area contributed by atoms with Gasteiger partial charge in [0.15, 0.2) is 5.78 Å². The molecule has 27 heavy (non-hydrogen) atoms. The second-order valence-corrected chi connectivity index (χ2v) is 7.81. The normalized spacial score (nSPS) is 22.3. The number of ketones is 1. The van der Waals surface area contributed by atoms with E-state index in [0.717, 1.165) is 5.69 Å². The number of fused-ring (bicyclic) bond motifs is 1. The van der Waals surface area contributed by atoms with Gasteiger partial charge in [-0.25, -0.2) is 8.78 Å². The Labute approximate surface area is 162 Å². The maximum Gasteiger partial charge on any atom is 0.250 e. The lowest BCUT2D eigenvalue weighted by Gasteiger charge is -2.36. The molecule has 0 bridgehead atoms. The summed E-state index contributed by atoms with van der Waals surface area (Å²) in [6, 6.07) is 5.29. The summed E-state index contributed by atoms with van der Waals surface area (Å²) in [5.41, 5.74) is 0.463. The molecule has 0 radical (unpaired) electrons. The number of hydrogen-bond acceptors (Lipinski definition) is 3. The van der Waals surface area contributed by atoms with Crippen LogP contribution in [0.2, 0.25) is 5.02 Å². The molecule has 1 saturated carbocycles. The van der Waals surface area contributed by atoms with Crippen LogP contribution in [0.15, 0.2) is 24.4 Å². The number of pyridine rings is 1. The first-order valence-electron chi connectivity index (χ1n) is 9.15. The fourth-order valence-corrected chi connectivity index (χ4v) is 4.19. The predicted molar refractivity (Wildman–Crippen MR) is 99.9 cm³/mol. The van der Waals surface area contributed by atoms with Gasteiger partial charge in [0, 0.05) is 50.2 Å². The van der Waals surface area contributed by atoms with Crippen molar-refractivity contribution in [1.82, 2.24) is 4.40 Å². The minimum Gasteiger partial charge on any atom is -0.390 e. The molecule has 0 aromatic carbocycles. The smallest absolute Gasteiger partial charge is 0.250 e. The highest BCUT2D eigenvalue weighted by molar-refractivity contribution is 6.35. The minimum absolute atomic E-state index is 0.00118. The van der Waals surface area contributed by atoms with Crippen LogP contribution in [0.1, 0.15) is 54.6 Å². The average Bonchev–Trinajstić information content (AvgIpc) is 2.97. The van der Waals surface area contributed by atoms with Crippen molar-refractivity contribution in [2.75, 3.05) is 13.7 Å². The van der Waals surface area contributed by atoms with Gasteiger partial charge in [0.1, 0.15) is 0 Å².